The predicted molar refractivity (Wildman–Crippen MR) is 89.8 cm³/mol. The Bertz CT molecular complexity index is 530. The standard InChI is InChI=1S/C16H28N2O2S/c1-6-13-21(19,20)15-9-7-14(8-10-15)18(5)12-11-17-16(2,3)4/h7-10,17H,6,11-13H2,1-5H3. The number of anilines is 1. The van der Waals surface area contributed by atoms with E-state index in [9.17, 15) is 8.42 Å². The molecule has 0 spiro atoms. The minimum Gasteiger partial charge on any atom is -0.373 e. The highest BCUT2D eigenvalue weighted by Crippen LogP contribution is 2.18. The van der Waals surface area contributed by atoms with Crippen LogP contribution in [0.15, 0.2) is 29.2 Å². The molecule has 0 saturated heterocycles. The second kappa shape index (κ2) is 7.27. The van der Waals surface area contributed by atoms with Crippen LogP contribution in [0.3, 0.4) is 0 Å². The summed E-state index contributed by atoms with van der Waals surface area (Å²) in [6.45, 7) is 10.1. The number of rotatable bonds is 7. The topological polar surface area (TPSA) is 49.4 Å². The van der Waals surface area contributed by atoms with Gasteiger partial charge in [0.2, 0.25) is 0 Å². The Hall–Kier alpha value is -1.07. The maximum atomic E-state index is 12.0. The van der Waals surface area contributed by atoms with Gasteiger partial charge in [-0.25, -0.2) is 8.42 Å². The Balaban J connectivity index is 2.65. The average Bonchev–Trinajstić information content (AvgIpc) is 2.37. The number of sulfone groups is 1. The minimum atomic E-state index is -3.12. The maximum absolute atomic E-state index is 12.0. The van der Waals surface area contributed by atoms with E-state index >= 15 is 0 Å². The fourth-order valence-electron chi connectivity index (χ4n) is 2.02. The van der Waals surface area contributed by atoms with Crippen molar-refractivity contribution in [1.29, 1.82) is 0 Å². The van der Waals surface area contributed by atoms with E-state index in [0.717, 1.165) is 18.8 Å². The lowest BCUT2D eigenvalue weighted by molar-refractivity contribution is 0.431. The van der Waals surface area contributed by atoms with E-state index in [-0.39, 0.29) is 11.3 Å². The van der Waals surface area contributed by atoms with Crippen molar-refractivity contribution in [1.82, 2.24) is 5.32 Å². The third-order valence-electron chi connectivity index (χ3n) is 3.21. The van der Waals surface area contributed by atoms with Crippen LogP contribution in [0.1, 0.15) is 34.1 Å². The monoisotopic (exact) mass is 312 g/mol. The molecule has 4 nitrogen and oxygen atoms in total. The SMILES string of the molecule is CCCS(=O)(=O)c1ccc(N(C)CCNC(C)(C)C)cc1. The average molecular weight is 312 g/mol. The number of likely N-dealkylation sites (N-methyl/N-ethyl adjacent to an activating group) is 1. The van der Waals surface area contributed by atoms with Crippen LogP contribution in [-0.4, -0.2) is 39.8 Å². The fourth-order valence-corrected chi connectivity index (χ4v) is 3.35. The van der Waals surface area contributed by atoms with Gasteiger partial charge in [0.15, 0.2) is 9.84 Å². The Morgan fingerprint density at radius 2 is 1.71 bits per heavy atom. The molecule has 0 aliphatic heterocycles. The third-order valence-corrected chi connectivity index (χ3v) is 5.15. The van der Waals surface area contributed by atoms with Gasteiger partial charge in [-0.1, -0.05) is 6.92 Å². The molecule has 0 saturated carbocycles. The maximum Gasteiger partial charge on any atom is 0.178 e. The lowest BCUT2D eigenvalue weighted by Gasteiger charge is -2.24. The van der Waals surface area contributed by atoms with Crippen LogP contribution < -0.4 is 10.2 Å². The van der Waals surface area contributed by atoms with Crippen LogP contribution in [0.5, 0.6) is 0 Å². The van der Waals surface area contributed by atoms with Gasteiger partial charge < -0.3 is 10.2 Å². The number of hydrogen-bond acceptors (Lipinski definition) is 4. The molecule has 0 aromatic heterocycles. The fraction of sp³-hybridized carbons (Fsp3) is 0.625. The van der Waals surface area contributed by atoms with Gasteiger partial charge in [-0.2, -0.15) is 0 Å². The Morgan fingerprint density at radius 1 is 1.14 bits per heavy atom. The van der Waals surface area contributed by atoms with Crippen molar-refractivity contribution in [2.75, 3.05) is 30.8 Å². The molecule has 0 radical (unpaired) electrons. The second-order valence-corrected chi connectivity index (χ2v) is 8.52. The molecule has 0 fully saturated rings. The number of nitrogens with zero attached hydrogens (tertiary/aromatic N) is 1. The van der Waals surface area contributed by atoms with E-state index in [0.29, 0.717) is 11.3 Å². The molecule has 0 bridgehead atoms. The van der Waals surface area contributed by atoms with Gasteiger partial charge in [0.25, 0.3) is 0 Å². The minimum absolute atomic E-state index is 0.110. The molecule has 0 unspecified atom stereocenters. The smallest absolute Gasteiger partial charge is 0.178 e. The van der Waals surface area contributed by atoms with Crippen LogP contribution in [0, 0.1) is 0 Å². The molecule has 1 rings (SSSR count). The first kappa shape index (κ1) is 18.0. The van der Waals surface area contributed by atoms with Crippen molar-refractivity contribution < 1.29 is 8.42 Å². The molecule has 21 heavy (non-hydrogen) atoms. The van der Waals surface area contributed by atoms with Crippen molar-refractivity contribution >= 4 is 15.5 Å². The first-order valence-corrected chi connectivity index (χ1v) is 9.10. The third kappa shape index (κ3) is 6.06. The van der Waals surface area contributed by atoms with Crippen LogP contribution in [0.2, 0.25) is 0 Å². The van der Waals surface area contributed by atoms with Crippen LogP contribution in [0.25, 0.3) is 0 Å². The van der Waals surface area contributed by atoms with Crippen LogP contribution in [-0.2, 0) is 9.84 Å². The molecule has 120 valence electrons. The van der Waals surface area contributed by atoms with E-state index < -0.39 is 9.84 Å². The zero-order valence-electron chi connectivity index (χ0n) is 13.8. The summed E-state index contributed by atoms with van der Waals surface area (Å²) in [6.07, 6.45) is 0.641. The van der Waals surface area contributed by atoms with Gasteiger partial charge >= 0.3 is 0 Å². The second-order valence-electron chi connectivity index (χ2n) is 6.41. The highest BCUT2D eigenvalue weighted by molar-refractivity contribution is 7.91. The van der Waals surface area contributed by atoms with Crippen LogP contribution in [0.4, 0.5) is 5.69 Å². The summed E-state index contributed by atoms with van der Waals surface area (Å²) in [6, 6.07) is 7.15. The van der Waals surface area contributed by atoms with Crippen molar-refractivity contribution in [2.24, 2.45) is 0 Å². The number of benzene rings is 1. The molecule has 5 heteroatoms. The van der Waals surface area contributed by atoms with Gasteiger partial charge in [0.05, 0.1) is 10.6 Å². The van der Waals surface area contributed by atoms with E-state index in [2.05, 4.69) is 31.0 Å². The Kier molecular flexibility index (Phi) is 6.23. The number of hydrogen-bond donors (Lipinski definition) is 1. The molecular formula is C16H28N2O2S. The summed E-state index contributed by atoms with van der Waals surface area (Å²) in [5.41, 5.74) is 1.14. The first-order chi connectivity index (χ1) is 9.65. The summed E-state index contributed by atoms with van der Waals surface area (Å²) in [5.74, 6) is 0.206. The highest BCUT2D eigenvalue weighted by atomic mass is 32.2. The molecular weight excluding hydrogens is 284 g/mol. The molecule has 0 heterocycles. The van der Waals surface area contributed by atoms with Gasteiger partial charge in [-0.15, -0.1) is 0 Å². The lowest BCUT2D eigenvalue weighted by atomic mass is 10.1. The van der Waals surface area contributed by atoms with Gasteiger partial charge in [-0.3, -0.25) is 0 Å². The van der Waals surface area contributed by atoms with Crippen molar-refractivity contribution in [2.45, 2.75) is 44.6 Å². The Labute approximate surface area is 129 Å². The summed E-state index contributed by atoms with van der Waals surface area (Å²) in [4.78, 5) is 2.53. The zero-order valence-corrected chi connectivity index (χ0v) is 14.6. The first-order valence-electron chi connectivity index (χ1n) is 7.45. The van der Waals surface area contributed by atoms with E-state index in [1.54, 1.807) is 12.1 Å². The molecule has 0 aliphatic rings. The van der Waals surface area contributed by atoms with Gasteiger partial charge in [0, 0.05) is 31.4 Å². The predicted octanol–water partition coefficient (Wildman–Crippen LogP) is 2.69. The van der Waals surface area contributed by atoms with E-state index in [4.69, 9.17) is 0 Å². The van der Waals surface area contributed by atoms with Gasteiger partial charge in [0.1, 0.15) is 0 Å². The Morgan fingerprint density at radius 3 is 2.19 bits per heavy atom. The molecule has 0 aliphatic carbocycles. The normalized spacial score (nSPS) is 12.4. The summed E-state index contributed by atoms with van der Waals surface area (Å²) < 4.78 is 23.9. The van der Waals surface area contributed by atoms with Crippen molar-refractivity contribution in [3.8, 4) is 0 Å². The lowest BCUT2D eigenvalue weighted by Crippen LogP contribution is -2.40. The van der Waals surface area contributed by atoms with Gasteiger partial charge in [-0.05, 0) is 51.5 Å². The van der Waals surface area contributed by atoms with Crippen molar-refractivity contribution in [3.05, 3.63) is 24.3 Å². The highest BCUT2D eigenvalue weighted by Gasteiger charge is 2.13. The summed E-state index contributed by atoms with van der Waals surface area (Å²) >= 11 is 0. The largest absolute Gasteiger partial charge is 0.373 e. The van der Waals surface area contributed by atoms with Crippen LogP contribution >= 0.6 is 0 Å². The molecule has 0 amide bonds. The summed E-state index contributed by atoms with van der Waals surface area (Å²) in [7, 11) is -1.11. The summed E-state index contributed by atoms with van der Waals surface area (Å²) in [5, 5.41) is 3.44. The van der Waals surface area contributed by atoms with E-state index in [1.165, 1.54) is 0 Å². The molecule has 0 atom stereocenters. The number of nitrogens with one attached hydrogen (secondary N) is 1. The molecule has 1 aromatic carbocycles. The van der Waals surface area contributed by atoms with E-state index in [1.807, 2.05) is 26.1 Å². The quantitative estimate of drug-likeness (QED) is 0.841. The van der Waals surface area contributed by atoms with Crippen molar-refractivity contribution in [3.63, 3.8) is 0 Å². The molecule has 1 N–H and O–H groups in total. The zero-order chi connectivity index (χ0) is 16.1. The molecule has 1 aromatic rings.